The molecule has 1 aliphatic rings. The van der Waals surface area contributed by atoms with Gasteiger partial charge in [0.05, 0.1) is 19.2 Å². The van der Waals surface area contributed by atoms with Gasteiger partial charge in [0.15, 0.2) is 0 Å². The van der Waals surface area contributed by atoms with E-state index in [0.29, 0.717) is 25.1 Å². The summed E-state index contributed by atoms with van der Waals surface area (Å²) >= 11 is 0. The second kappa shape index (κ2) is 20.5. The molecule has 0 radical (unpaired) electrons. The molecule has 7 nitrogen and oxygen atoms in total. The van der Waals surface area contributed by atoms with E-state index in [1.165, 1.54) is 32.4 Å². The molecule has 2 amide bonds. The summed E-state index contributed by atoms with van der Waals surface area (Å²) in [7, 11) is 0. The summed E-state index contributed by atoms with van der Waals surface area (Å²) in [5.74, 6) is 0.406. The van der Waals surface area contributed by atoms with Gasteiger partial charge in [-0.1, -0.05) is 47.1 Å². The van der Waals surface area contributed by atoms with Crippen LogP contribution in [0, 0.1) is 11.8 Å². The standard InChI is InChI=1S/C15H26N2O4.C8H17N.C4H10/c1-6-17(14(19)9-16-10-18)13(11(3)4)8-12(5)15(20)21-7-2;1-8(2)9-6-4-3-5-7-9;1-4(2)3/h8,10-11,13H,6-7,9H2,1-5H3,(H,16,18);8H,3-7H2,1-2H3;4H,1-3H3/b12-8+;;/t13-;;/m1../s1. The maximum Gasteiger partial charge on any atom is 0.333 e. The Hall–Kier alpha value is -1.89. The molecule has 0 unspecified atom stereocenters. The van der Waals surface area contributed by atoms with Crippen molar-refractivity contribution in [1.82, 2.24) is 15.1 Å². The van der Waals surface area contributed by atoms with Gasteiger partial charge in [-0.15, -0.1) is 0 Å². The van der Waals surface area contributed by atoms with E-state index < -0.39 is 0 Å². The smallest absolute Gasteiger partial charge is 0.333 e. The molecule has 1 fully saturated rings. The summed E-state index contributed by atoms with van der Waals surface area (Å²) in [5.41, 5.74) is 0.477. The number of rotatable bonds is 10. The van der Waals surface area contributed by atoms with Crippen molar-refractivity contribution in [2.24, 2.45) is 11.8 Å². The minimum Gasteiger partial charge on any atom is -0.463 e. The molecule has 7 heteroatoms. The molecular weight excluding hydrogens is 430 g/mol. The molecular formula is C27H53N3O4. The third-order valence-electron chi connectivity index (χ3n) is 5.18. The molecule has 0 aromatic rings. The Kier molecular flexibility index (Phi) is 20.6. The van der Waals surface area contributed by atoms with Crippen molar-refractivity contribution in [3.8, 4) is 0 Å². The van der Waals surface area contributed by atoms with Crippen LogP contribution in [0.25, 0.3) is 0 Å². The first-order chi connectivity index (χ1) is 15.9. The van der Waals surface area contributed by atoms with Crippen LogP contribution < -0.4 is 5.32 Å². The highest BCUT2D eigenvalue weighted by Gasteiger charge is 2.24. The molecule has 200 valence electrons. The fourth-order valence-electron chi connectivity index (χ4n) is 3.43. The Morgan fingerprint density at radius 1 is 1.00 bits per heavy atom. The molecule has 0 aliphatic carbocycles. The largest absolute Gasteiger partial charge is 0.463 e. The lowest BCUT2D eigenvalue weighted by Gasteiger charge is -2.32. The highest BCUT2D eigenvalue weighted by molar-refractivity contribution is 5.88. The third kappa shape index (κ3) is 16.7. The second-order valence-electron chi connectivity index (χ2n) is 9.91. The van der Waals surface area contributed by atoms with Crippen LogP contribution in [0.15, 0.2) is 11.6 Å². The van der Waals surface area contributed by atoms with Crippen LogP contribution in [0.2, 0.25) is 0 Å². The zero-order valence-corrected chi connectivity index (χ0v) is 23.6. The summed E-state index contributed by atoms with van der Waals surface area (Å²) in [6.07, 6.45) is 6.53. The number of nitrogens with zero attached hydrogens (tertiary/aromatic N) is 2. The number of amides is 2. The van der Waals surface area contributed by atoms with Crippen LogP contribution in [0.5, 0.6) is 0 Å². The zero-order chi connectivity index (χ0) is 26.7. The normalized spacial score (nSPS) is 15.0. The van der Waals surface area contributed by atoms with E-state index >= 15 is 0 Å². The Morgan fingerprint density at radius 2 is 1.53 bits per heavy atom. The Bertz CT molecular complexity index is 580. The Labute approximate surface area is 209 Å². The van der Waals surface area contributed by atoms with Crippen LogP contribution >= 0.6 is 0 Å². The zero-order valence-electron chi connectivity index (χ0n) is 23.6. The van der Waals surface area contributed by atoms with Crippen molar-refractivity contribution in [3.63, 3.8) is 0 Å². The predicted molar refractivity (Wildman–Crippen MR) is 142 cm³/mol. The minimum atomic E-state index is -0.377. The molecule has 0 bridgehead atoms. The molecule has 1 aliphatic heterocycles. The minimum absolute atomic E-state index is 0.0488. The van der Waals surface area contributed by atoms with E-state index in [-0.39, 0.29) is 30.4 Å². The maximum absolute atomic E-state index is 12.1. The topological polar surface area (TPSA) is 79.0 Å². The SMILES string of the molecule is CC(C)C.CC(C)N1CCCCC1.CCOC(=O)/C(C)=C/[C@H](C(C)C)N(CC)C(=O)CNC=O. The summed E-state index contributed by atoms with van der Waals surface area (Å²) < 4.78 is 4.95. The Balaban J connectivity index is 0. The number of likely N-dealkylation sites (N-methyl/N-ethyl adjacent to an activating group) is 1. The van der Waals surface area contributed by atoms with E-state index in [2.05, 4.69) is 44.8 Å². The monoisotopic (exact) mass is 483 g/mol. The number of hydrogen-bond acceptors (Lipinski definition) is 5. The summed E-state index contributed by atoms with van der Waals surface area (Å²) in [6, 6.07) is 0.547. The predicted octanol–water partition coefficient (Wildman–Crippen LogP) is 4.66. The van der Waals surface area contributed by atoms with Crippen molar-refractivity contribution in [3.05, 3.63) is 11.6 Å². The van der Waals surface area contributed by atoms with E-state index in [1.807, 2.05) is 20.8 Å². The Morgan fingerprint density at radius 3 is 1.88 bits per heavy atom. The van der Waals surface area contributed by atoms with E-state index in [4.69, 9.17) is 4.74 Å². The van der Waals surface area contributed by atoms with E-state index in [1.54, 1.807) is 24.8 Å². The van der Waals surface area contributed by atoms with Crippen molar-refractivity contribution < 1.29 is 19.1 Å². The first kappa shape index (κ1) is 34.3. The van der Waals surface area contributed by atoms with Crippen LogP contribution in [-0.4, -0.2) is 73.0 Å². The van der Waals surface area contributed by atoms with Crippen LogP contribution in [-0.2, 0) is 19.1 Å². The van der Waals surface area contributed by atoms with Gasteiger partial charge in [0.2, 0.25) is 12.3 Å². The number of likely N-dealkylation sites (tertiary alicyclic amines) is 1. The first-order valence-electron chi connectivity index (χ1n) is 13.0. The van der Waals surface area contributed by atoms with Gasteiger partial charge < -0.3 is 19.9 Å². The van der Waals surface area contributed by atoms with Gasteiger partial charge in [0.1, 0.15) is 0 Å². The summed E-state index contributed by atoms with van der Waals surface area (Å²) in [5, 5.41) is 2.37. The van der Waals surface area contributed by atoms with Gasteiger partial charge in [-0.25, -0.2) is 4.79 Å². The third-order valence-corrected chi connectivity index (χ3v) is 5.18. The van der Waals surface area contributed by atoms with E-state index in [9.17, 15) is 14.4 Å². The highest BCUT2D eigenvalue weighted by atomic mass is 16.5. The first-order valence-corrected chi connectivity index (χ1v) is 13.0. The van der Waals surface area contributed by atoms with Gasteiger partial charge >= 0.3 is 5.97 Å². The summed E-state index contributed by atoms with van der Waals surface area (Å²) in [6.45, 7) is 23.7. The lowest BCUT2D eigenvalue weighted by atomic mass is 9.99. The molecule has 1 atom stereocenters. The van der Waals surface area contributed by atoms with Gasteiger partial charge in [0.25, 0.3) is 0 Å². The van der Waals surface area contributed by atoms with Crippen molar-refractivity contribution in [1.29, 1.82) is 0 Å². The molecule has 1 N–H and O–H groups in total. The molecule has 34 heavy (non-hydrogen) atoms. The van der Waals surface area contributed by atoms with Crippen molar-refractivity contribution in [2.75, 3.05) is 32.8 Å². The molecule has 0 spiro atoms. The molecule has 0 aromatic heterocycles. The average Bonchev–Trinajstić information content (AvgIpc) is 2.78. The van der Waals surface area contributed by atoms with Crippen LogP contribution in [0.4, 0.5) is 0 Å². The van der Waals surface area contributed by atoms with Crippen molar-refractivity contribution in [2.45, 2.75) is 101 Å². The number of esters is 1. The molecule has 1 heterocycles. The molecule has 1 saturated heterocycles. The highest BCUT2D eigenvalue weighted by Crippen LogP contribution is 2.15. The molecule has 0 saturated carbocycles. The lowest BCUT2D eigenvalue weighted by Crippen LogP contribution is -2.46. The number of carbonyl (C=O) groups is 3. The van der Waals surface area contributed by atoms with E-state index in [0.717, 1.165) is 12.0 Å². The fraction of sp³-hybridized carbons (Fsp3) is 0.815. The molecule has 0 aromatic carbocycles. The number of ether oxygens (including phenoxy) is 1. The lowest BCUT2D eigenvalue weighted by molar-refractivity contribution is -0.138. The van der Waals surface area contributed by atoms with Gasteiger partial charge in [-0.05, 0) is 72.4 Å². The van der Waals surface area contributed by atoms with Gasteiger partial charge in [0, 0.05) is 18.2 Å². The van der Waals surface area contributed by atoms with Gasteiger partial charge in [-0.3, -0.25) is 9.59 Å². The fourth-order valence-corrected chi connectivity index (χ4v) is 3.43. The number of hydrogen-bond donors (Lipinski definition) is 1. The second-order valence-corrected chi connectivity index (χ2v) is 9.91. The number of piperidine rings is 1. The maximum atomic E-state index is 12.1. The average molecular weight is 484 g/mol. The molecule has 1 rings (SSSR count). The number of carbonyl (C=O) groups excluding carboxylic acids is 3. The summed E-state index contributed by atoms with van der Waals surface area (Å²) in [4.78, 5) is 38.3. The van der Waals surface area contributed by atoms with Crippen molar-refractivity contribution >= 4 is 18.3 Å². The van der Waals surface area contributed by atoms with Crippen LogP contribution in [0.1, 0.15) is 88.5 Å². The van der Waals surface area contributed by atoms with Crippen LogP contribution in [0.3, 0.4) is 0 Å². The quantitative estimate of drug-likeness (QED) is 0.278. The van der Waals surface area contributed by atoms with Gasteiger partial charge in [-0.2, -0.15) is 0 Å². The number of nitrogens with one attached hydrogen (secondary N) is 1.